The van der Waals surface area contributed by atoms with Gasteiger partial charge in [0.15, 0.2) is 0 Å². The number of carbonyl (C=O) groups excluding carboxylic acids is 1. The first-order valence-corrected chi connectivity index (χ1v) is 7.05. The molecule has 0 N–H and O–H groups in total. The Morgan fingerprint density at radius 1 is 1.29 bits per heavy atom. The lowest BCUT2D eigenvalue weighted by molar-refractivity contribution is 0.108. The van der Waals surface area contributed by atoms with Crippen LogP contribution in [-0.2, 0) is 0 Å². The van der Waals surface area contributed by atoms with Gasteiger partial charge in [0.2, 0.25) is 0 Å². The third kappa shape index (κ3) is 3.47. The van der Waals surface area contributed by atoms with Gasteiger partial charge < -0.3 is 0 Å². The quantitative estimate of drug-likeness (QED) is 0.614. The summed E-state index contributed by atoms with van der Waals surface area (Å²) in [5.74, 6) is 0. The van der Waals surface area contributed by atoms with Gasteiger partial charge in [-0.05, 0) is 61.0 Å². The monoisotopic (exact) mass is 269 g/mol. The lowest BCUT2D eigenvalue weighted by Crippen LogP contribution is -2.22. The normalized spacial score (nSPS) is 17.1. The Morgan fingerprint density at radius 2 is 2.00 bits per heavy atom. The molecule has 0 atom stereocenters. The van der Waals surface area contributed by atoms with Gasteiger partial charge in [-0.3, -0.25) is 4.79 Å². The summed E-state index contributed by atoms with van der Waals surface area (Å²) in [7, 11) is 0. The molecule has 92 valence electrons. The van der Waals surface area contributed by atoms with Crippen molar-refractivity contribution in [3.8, 4) is 0 Å². The zero-order valence-corrected chi connectivity index (χ0v) is 11.5. The van der Waals surface area contributed by atoms with E-state index in [-0.39, 0.29) is 5.24 Å². The van der Waals surface area contributed by atoms with Gasteiger partial charge in [0, 0.05) is 23.5 Å². The number of aryl methyl sites for hydroxylation is 1. The zero-order chi connectivity index (χ0) is 12.3. The van der Waals surface area contributed by atoms with E-state index in [4.69, 9.17) is 11.6 Å². The molecule has 0 amide bonds. The molecule has 0 bridgehead atoms. The molecular weight excluding hydrogens is 254 g/mol. The van der Waals surface area contributed by atoms with Crippen LogP contribution in [0.25, 0.3) is 0 Å². The summed E-state index contributed by atoms with van der Waals surface area (Å²) in [6, 6.07) is 5.64. The molecule has 1 aromatic carbocycles. The average molecular weight is 270 g/mol. The van der Waals surface area contributed by atoms with Crippen LogP contribution >= 0.6 is 23.5 Å². The highest BCUT2D eigenvalue weighted by Crippen LogP contribution is 2.29. The lowest BCUT2D eigenvalue weighted by atomic mass is 10.2. The largest absolute Gasteiger partial charge is 0.276 e. The van der Waals surface area contributed by atoms with Gasteiger partial charge in [-0.1, -0.05) is 12.5 Å². The molecular formula is C13H16ClNOS. The fraction of sp³-hybridized carbons (Fsp3) is 0.462. The fourth-order valence-electron chi connectivity index (χ4n) is 1.92. The molecule has 4 heteroatoms. The van der Waals surface area contributed by atoms with Gasteiger partial charge in [-0.25, -0.2) is 4.31 Å². The number of carbonyl (C=O) groups is 1. The van der Waals surface area contributed by atoms with Crippen molar-refractivity contribution in [1.82, 2.24) is 4.31 Å². The molecule has 0 aliphatic carbocycles. The van der Waals surface area contributed by atoms with E-state index in [1.54, 1.807) is 18.0 Å². The summed E-state index contributed by atoms with van der Waals surface area (Å²) >= 11 is 7.25. The van der Waals surface area contributed by atoms with Crippen molar-refractivity contribution in [1.29, 1.82) is 0 Å². The molecule has 0 unspecified atom stereocenters. The van der Waals surface area contributed by atoms with Gasteiger partial charge in [0.25, 0.3) is 5.24 Å². The van der Waals surface area contributed by atoms with E-state index in [1.165, 1.54) is 24.8 Å². The molecule has 1 aliphatic rings. The second-order valence-corrected chi connectivity index (χ2v) is 5.82. The minimum absolute atomic E-state index is 0.384. The van der Waals surface area contributed by atoms with E-state index >= 15 is 0 Å². The SMILES string of the molecule is Cc1ccc(C(=O)Cl)cc1SN1CCCCC1. The predicted octanol–water partition coefficient (Wildman–Crippen LogP) is 3.87. The Labute approximate surface area is 111 Å². The number of halogens is 1. The maximum absolute atomic E-state index is 11.1. The lowest BCUT2D eigenvalue weighted by Gasteiger charge is -2.25. The molecule has 0 spiro atoms. The number of nitrogens with zero attached hydrogens (tertiary/aromatic N) is 1. The van der Waals surface area contributed by atoms with Crippen molar-refractivity contribution in [3.63, 3.8) is 0 Å². The number of hydrogen-bond acceptors (Lipinski definition) is 3. The first kappa shape index (κ1) is 12.9. The van der Waals surface area contributed by atoms with Crippen LogP contribution in [0, 0.1) is 6.92 Å². The maximum Gasteiger partial charge on any atom is 0.252 e. The van der Waals surface area contributed by atoms with Crippen molar-refractivity contribution in [2.24, 2.45) is 0 Å². The van der Waals surface area contributed by atoms with Crippen molar-refractivity contribution in [2.75, 3.05) is 13.1 Å². The smallest absolute Gasteiger partial charge is 0.252 e. The van der Waals surface area contributed by atoms with Gasteiger partial charge in [0.05, 0.1) is 0 Å². The summed E-state index contributed by atoms with van der Waals surface area (Å²) in [4.78, 5) is 12.3. The maximum atomic E-state index is 11.1. The summed E-state index contributed by atoms with van der Waals surface area (Å²) in [6.07, 6.45) is 3.86. The molecule has 0 radical (unpaired) electrons. The van der Waals surface area contributed by atoms with Gasteiger partial charge >= 0.3 is 0 Å². The highest BCUT2D eigenvalue weighted by molar-refractivity contribution is 7.97. The van der Waals surface area contributed by atoms with Crippen molar-refractivity contribution in [3.05, 3.63) is 29.3 Å². The van der Waals surface area contributed by atoms with Crippen LogP contribution in [0.5, 0.6) is 0 Å². The van der Waals surface area contributed by atoms with Crippen molar-refractivity contribution < 1.29 is 4.79 Å². The predicted molar refractivity (Wildman–Crippen MR) is 72.6 cm³/mol. The molecule has 1 aromatic rings. The second kappa shape index (κ2) is 5.89. The Hall–Kier alpha value is -0.510. The third-order valence-electron chi connectivity index (χ3n) is 2.96. The molecule has 2 nitrogen and oxygen atoms in total. The average Bonchev–Trinajstić information content (AvgIpc) is 2.33. The van der Waals surface area contributed by atoms with Crippen LogP contribution in [0.4, 0.5) is 0 Å². The first-order chi connectivity index (χ1) is 8.16. The zero-order valence-electron chi connectivity index (χ0n) is 9.91. The van der Waals surface area contributed by atoms with Crippen LogP contribution in [-0.4, -0.2) is 22.6 Å². The van der Waals surface area contributed by atoms with E-state index in [2.05, 4.69) is 11.2 Å². The Balaban J connectivity index is 2.13. The van der Waals surface area contributed by atoms with Crippen molar-refractivity contribution in [2.45, 2.75) is 31.1 Å². The number of rotatable bonds is 3. The van der Waals surface area contributed by atoms with E-state index in [0.29, 0.717) is 5.56 Å². The van der Waals surface area contributed by atoms with Crippen LogP contribution in [0.3, 0.4) is 0 Å². The summed E-state index contributed by atoms with van der Waals surface area (Å²) in [5.41, 5.74) is 1.78. The number of hydrogen-bond donors (Lipinski definition) is 0. The second-order valence-electron chi connectivity index (χ2n) is 4.33. The molecule has 1 saturated heterocycles. The third-order valence-corrected chi connectivity index (χ3v) is 4.44. The number of benzene rings is 1. The van der Waals surface area contributed by atoms with E-state index in [0.717, 1.165) is 18.0 Å². The summed E-state index contributed by atoms with van der Waals surface area (Å²) in [5, 5.41) is -0.384. The molecule has 17 heavy (non-hydrogen) atoms. The molecule has 0 aromatic heterocycles. The van der Waals surface area contributed by atoms with Crippen molar-refractivity contribution >= 4 is 28.8 Å². The molecule has 1 heterocycles. The summed E-state index contributed by atoms with van der Waals surface area (Å²) < 4.78 is 2.37. The van der Waals surface area contributed by atoms with Crippen LogP contribution in [0.15, 0.2) is 23.1 Å². The highest BCUT2D eigenvalue weighted by Gasteiger charge is 2.13. The topological polar surface area (TPSA) is 20.3 Å². The first-order valence-electron chi connectivity index (χ1n) is 5.90. The molecule has 1 fully saturated rings. The Kier molecular flexibility index (Phi) is 4.48. The van der Waals surface area contributed by atoms with Crippen LogP contribution < -0.4 is 0 Å². The standard InChI is InChI=1S/C13H16ClNOS/c1-10-5-6-11(13(14)16)9-12(10)17-15-7-3-2-4-8-15/h5-6,9H,2-4,7-8H2,1H3. The van der Waals surface area contributed by atoms with Gasteiger partial charge in [-0.15, -0.1) is 0 Å². The summed E-state index contributed by atoms with van der Waals surface area (Å²) in [6.45, 7) is 4.32. The highest BCUT2D eigenvalue weighted by atomic mass is 35.5. The van der Waals surface area contributed by atoms with E-state index in [9.17, 15) is 4.79 Å². The fourth-order valence-corrected chi connectivity index (χ4v) is 3.14. The van der Waals surface area contributed by atoms with Gasteiger partial charge in [0.1, 0.15) is 0 Å². The Morgan fingerprint density at radius 3 is 2.65 bits per heavy atom. The van der Waals surface area contributed by atoms with Gasteiger partial charge in [-0.2, -0.15) is 0 Å². The van der Waals surface area contributed by atoms with Crippen LogP contribution in [0.2, 0.25) is 0 Å². The molecule has 1 aliphatic heterocycles. The van der Waals surface area contributed by atoms with E-state index < -0.39 is 0 Å². The molecule has 0 saturated carbocycles. The van der Waals surface area contributed by atoms with Crippen LogP contribution in [0.1, 0.15) is 35.2 Å². The molecule has 2 rings (SSSR count). The minimum Gasteiger partial charge on any atom is -0.276 e. The Bertz CT molecular complexity index is 416. The number of piperidine rings is 1. The van der Waals surface area contributed by atoms with E-state index in [1.807, 2.05) is 12.1 Å². The minimum atomic E-state index is -0.384.